The number of carbonyl (C=O) groups is 1. The zero-order valence-electron chi connectivity index (χ0n) is 8.47. The van der Waals surface area contributed by atoms with E-state index >= 15 is 0 Å². The van der Waals surface area contributed by atoms with Gasteiger partial charge in [0.2, 0.25) is 0 Å². The van der Waals surface area contributed by atoms with E-state index in [0.29, 0.717) is 12.2 Å². The summed E-state index contributed by atoms with van der Waals surface area (Å²) in [5.41, 5.74) is 0.102. The second-order valence-electron chi connectivity index (χ2n) is 4.61. The zero-order chi connectivity index (χ0) is 9.90. The van der Waals surface area contributed by atoms with E-state index in [1.54, 1.807) is 0 Å². The predicted molar refractivity (Wildman–Crippen MR) is 51.0 cm³/mol. The van der Waals surface area contributed by atoms with Crippen molar-refractivity contribution >= 4 is 5.78 Å². The van der Waals surface area contributed by atoms with Crippen molar-refractivity contribution < 1.29 is 4.79 Å². The second-order valence-corrected chi connectivity index (χ2v) is 4.61. The summed E-state index contributed by atoms with van der Waals surface area (Å²) >= 11 is 0. The van der Waals surface area contributed by atoms with E-state index < -0.39 is 0 Å². The van der Waals surface area contributed by atoms with Crippen LogP contribution in [0.4, 0.5) is 0 Å². The van der Waals surface area contributed by atoms with Gasteiger partial charge in [0.1, 0.15) is 5.78 Å². The monoisotopic (exact) mass is 179 g/mol. The Bertz CT molecular complexity index is 241. The molecule has 1 rings (SSSR count). The van der Waals surface area contributed by atoms with Crippen LogP contribution in [-0.4, -0.2) is 5.78 Å². The van der Waals surface area contributed by atoms with Gasteiger partial charge in [0.25, 0.3) is 0 Å². The molecule has 0 amide bonds. The molecule has 0 saturated heterocycles. The van der Waals surface area contributed by atoms with Crippen LogP contribution < -0.4 is 0 Å². The number of rotatable bonds is 2. The number of ketones is 1. The third-order valence-corrected chi connectivity index (χ3v) is 2.88. The van der Waals surface area contributed by atoms with Crippen LogP contribution in [0.5, 0.6) is 0 Å². The predicted octanol–water partition coefficient (Wildman–Crippen LogP) is 2.69. The van der Waals surface area contributed by atoms with Crippen molar-refractivity contribution in [3.8, 4) is 6.07 Å². The highest BCUT2D eigenvalue weighted by Crippen LogP contribution is 2.39. The van der Waals surface area contributed by atoms with Gasteiger partial charge < -0.3 is 0 Å². The highest BCUT2D eigenvalue weighted by molar-refractivity contribution is 5.79. The Morgan fingerprint density at radius 2 is 2.38 bits per heavy atom. The first kappa shape index (κ1) is 10.2. The molecule has 0 N–H and O–H groups in total. The van der Waals surface area contributed by atoms with Gasteiger partial charge in [-0.2, -0.15) is 5.26 Å². The zero-order valence-corrected chi connectivity index (χ0v) is 8.47. The molecule has 0 spiro atoms. The van der Waals surface area contributed by atoms with Crippen molar-refractivity contribution in [3.05, 3.63) is 0 Å². The van der Waals surface area contributed by atoms with Crippen molar-refractivity contribution in [2.24, 2.45) is 11.3 Å². The second kappa shape index (κ2) is 3.91. The molecular formula is C11H17NO. The molecule has 1 fully saturated rings. The van der Waals surface area contributed by atoms with Gasteiger partial charge >= 0.3 is 0 Å². The van der Waals surface area contributed by atoms with Gasteiger partial charge in [-0.3, -0.25) is 4.79 Å². The molecule has 0 radical (unpaired) electrons. The average Bonchev–Trinajstić information content (AvgIpc) is 2.02. The Kier molecular flexibility index (Phi) is 3.08. The molecule has 0 bridgehead atoms. The minimum absolute atomic E-state index is 0.0795. The third-order valence-electron chi connectivity index (χ3n) is 2.88. The lowest BCUT2D eigenvalue weighted by atomic mass is 9.70. The van der Waals surface area contributed by atoms with Crippen molar-refractivity contribution in [2.45, 2.75) is 46.0 Å². The Morgan fingerprint density at radius 1 is 1.69 bits per heavy atom. The van der Waals surface area contributed by atoms with E-state index in [4.69, 9.17) is 5.26 Å². The van der Waals surface area contributed by atoms with E-state index in [2.05, 4.69) is 13.0 Å². The fourth-order valence-corrected chi connectivity index (χ4v) is 2.32. The van der Waals surface area contributed by atoms with Crippen LogP contribution in [0, 0.1) is 22.7 Å². The van der Waals surface area contributed by atoms with Crippen molar-refractivity contribution in [2.75, 3.05) is 0 Å². The SMILES string of the molecule is CC(C#N)CC1(C)CCCC(=O)C1. The maximum atomic E-state index is 11.3. The van der Waals surface area contributed by atoms with Gasteiger partial charge in [-0.05, 0) is 31.6 Å². The smallest absolute Gasteiger partial charge is 0.133 e. The molecule has 1 aliphatic carbocycles. The first-order chi connectivity index (χ1) is 6.06. The van der Waals surface area contributed by atoms with Crippen molar-refractivity contribution in [1.29, 1.82) is 5.26 Å². The summed E-state index contributed by atoms with van der Waals surface area (Å²) in [5, 5.41) is 8.71. The van der Waals surface area contributed by atoms with Crippen LogP contribution in [0.3, 0.4) is 0 Å². The van der Waals surface area contributed by atoms with Gasteiger partial charge in [0.15, 0.2) is 0 Å². The molecule has 72 valence electrons. The lowest BCUT2D eigenvalue weighted by molar-refractivity contribution is -0.123. The normalized spacial score (nSPS) is 31.0. The number of hydrogen-bond donors (Lipinski definition) is 0. The number of Topliss-reactive ketones (excluding diaryl/α,β-unsaturated/α-hetero) is 1. The van der Waals surface area contributed by atoms with E-state index in [0.717, 1.165) is 25.7 Å². The molecule has 0 aromatic rings. The average molecular weight is 179 g/mol. The molecule has 0 heterocycles. The van der Waals surface area contributed by atoms with Gasteiger partial charge in [-0.25, -0.2) is 0 Å². The van der Waals surface area contributed by atoms with E-state index in [-0.39, 0.29) is 11.3 Å². The van der Waals surface area contributed by atoms with E-state index in [1.807, 2.05) is 6.92 Å². The quantitative estimate of drug-likeness (QED) is 0.654. The first-order valence-electron chi connectivity index (χ1n) is 4.97. The fraction of sp³-hybridized carbons (Fsp3) is 0.818. The summed E-state index contributed by atoms with van der Waals surface area (Å²) in [7, 11) is 0. The van der Waals surface area contributed by atoms with Crippen LogP contribution in [0.2, 0.25) is 0 Å². The minimum atomic E-state index is 0.0795. The molecule has 0 aromatic carbocycles. The number of nitriles is 1. The molecule has 0 aliphatic heterocycles. The van der Waals surface area contributed by atoms with Crippen LogP contribution in [0.1, 0.15) is 46.0 Å². The van der Waals surface area contributed by atoms with Crippen LogP contribution in [0.25, 0.3) is 0 Å². The molecule has 1 saturated carbocycles. The summed E-state index contributed by atoms with van der Waals surface area (Å²) in [4.78, 5) is 11.3. The van der Waals surface area contributed by atoms with E-state index in [9.17, 15) is 4.79 Å². The fourth-order valence-electron chi connectivity index (χ4n) is 2.32. The maximum absolute atomic E-state index is 11.3. The number of nitrogens with zero attached hydrogens (tertiary/aromatic N) is 1. The third kappa shape index (κ3) is 2.84. The number of carbonyl (C=O) groups excluding carboxylic acids is 1. The van der Waals surface area contributed by atoms with Crippen LogP contribution >= 0.6 is 0 Å². The van der Waals surface area contributed by atoms with Crippen LogP contribution in [-0.2, 0) is 4.79 Å². The molecule has 0 aromatic heterocycles. The first-order valence-corrected chi connectivity index (χ1v) is 4.97. The van der Waals surface area contributed by atoms with Gasteiger partial charge in [0.05, 0.1) is 6.07 Å². The summed E-state index contributed by atoms with van der Waals surface area (Å²) < 4.78 is 0. The molecule has 2 heteroatoms. The molecule has 13 heavy (non-hydrogen) atoms. The van der Waals surface area contributed by atoms with Crippen LogP contribution in [0.15, 0.2) is 0 Å². The summed E-state index contributed by atoms with van der Waals surface area (Å²) in [6.45, 7) is 4.07. The van der Waals surface area contributed by atoms with Gasteiger partial charge in [-0.15, -0.1) is 0 Å². The van der Waals surface area contributed by atoms with Crippen molar-refractivity contribution in [1.82, 2.24) is 0 Å². The van der Waals surface area contributed by atoms with Crippen molar-refractivity contribution in [3.63, 3.8) is 0 Å². The topological polar surface area (TPSA) is 40.9 Å². The standard InChI is InChI=1S/C11H17NO/c1-9(8-12)6-11(2)5-3-4-10(13)7-11/h9H,3-7H2,1-2H3. The maximum Gasteiger partial charge on any atom is 0.133 e. The highest BCUT2D eigenvalue weighted by atomic mass is 16.1. The number of hydrogen-bond acceptors (Lipinski definition) is 2. The molecule has 2 unspecified atom stereocenters. The summed E-state index contributed by atoms with van der Waals surface area (Å²) in [6, 6.07) is 2.24. The largest absolute Gasteiger partial charge is 0.300 e. The van der Waals surface area contributed by atoms with Gasteiger partial charge in [-0.1, -0.05) is 6.92 Å². The van der Waals surface area contributed by atoms with E-state index in [1.165, 1.54) is 0 Å². The molecule has 2 atom stereocenters. The molecule has 2 nitrogen and oxygen atoms in total. The van der Waals surface area contributed by atoms with Gasteiger partial charge in [0, 0.05) is 18.8 Å². The molecule has 1 aliphatic rings. The Hall–Kier alpha value is -0.840. The Balaban J connectivity index is 2.55. The summed E-state index contributed by atoms with van der Waals surface area (Å²) in [6.07, 6.45) is 4.41. The minimum Gasteiger partial charge on any atom is -0.300 e. The Labute approximate surface area is 79.9 Å². The Morgan fingerprint density at radius 3 is 2.92 bits per heavy atom. The molecular weight excluding hydrogens is 162 g/mol. The summed E-state index contributed by atoms with van der Waals surface area (Å²) in [5.74, 6) is 0.454. The highest BCUT2D eigenvalue weighted by Gasteiger charge is 2.32. The lowest BCUT2D eigenvalue weighted by Crippen LogP contribution is -2.27. The lowest BCUT2D eigenvalue weighted by Gasteiger charge is -2.33.